The van der Waals surface area contributed by atoms with Crippen molar-refractivity contribution >= 4 is 11.8 Å². The normalized spacial score (nSPS) is 10.2. The Morgan fingerprint density at radius 1 is 1.27 bits per heavy atom. The first kappa shape index (κ1) is 12.3. The average molecular weight is 221 g/mol. The minimum atomic E-state index is 1.05. The van der Waals surface area contributed by atoms with E-state index in [-0.39, 0.29) is 0 Å². The molecule has 0 saturated heterocycles. The molecule has 0 spiro atoms. The van der Waals surface area contributed by atoms with Gasteiger partial charge >= 0.3 is 0 Å². The van der Waals surface area contributed by atoms with E-state index in [0.29, 0.717) is 0 Å². The Morgan fingerprint density at radius 3 is 2.67 bits per heavy atom. The van der Waals surface area contributed by atoms with Crippen molar-refractivity contribution in [2.45, 2.75) is 18.2 Å². The van der Waals surface area contributed by atoms with Gasteiger partial charge in [-0.15, -0.1) is 18.3 Å². The van der Waals surface area contributed by atoms with E-state index in [2.05, 4.69) is 49.2 Å². The van der Waals surface area contributed by atoms with E-state index < -0.39 is 0 Å². The van der Waals surface area contributed by atoms with Gasteiger partial charge in [-0.05, 0) is 32.0 Å². The van der Waals surface area contributed by atoms with Crippen LogP contribution in [0.25, 0.3) is 0 Å². The van der Waals surface area contributed by atoms with Crippen LogP contribution in [0.2, 0.25) is 0 Å². The summed E-state index contributed by atoms with van der Waals surface area (Å²) in [5.74, 6) is 1.13. The summed E-state index contributed by atoms with van der Waals surface area (Å²) in [5.41, 5.74) is 1.25. The van der Waals surface area contributed by atoms with Gasteiger partial charge in [0.05, 0.1) is 0 Å². The summed E-state index contributed by atoms with van der Waals surface area (Å²) in [6, 6.07) is 10.5. The van der Waals surface area contributed by atoms with Crippen molar-refractivity contribution in [2.75, 3.05) is 18.8 Å². The quantitative estimate of drug-likeness (QED) is 0.430. The number of thioether (sulfide) groups is 1. The van der Waals surface area contributed by atoms with Crippen LogP contribution in [0.4, 0.5) is 0 Å². The lowest BCUT2D eigenvalue weighted by molar-refractivity contribution is 0.718. The lowest BCUT2D eigenvalue weighted by Gasteiger charge is -2.04. The summed E-state index contributed by atoms with van der Waals surface area (Å²) in [7, 11) is 0. The molecule has 0 amide bonds. The topological polar surface area (TPSA) is 12.0 Å². The summed E-state index contributed by atoms with van der Waals surface area (Å²) >= 11 is 1.89. The fraction of sp³-hybridized carbons (Fsp3) is 0.385. The van der Waals surface area contributed by atoms with Crippen molar-refractivity contribution < 1.29 is 0 Å². The number of nitrogens with one attached hydrogen (secondary N) is 1. The fourth-order valence-corrected chi connectivity index (χ4v) is 2.02. The van der Waals surface area contributed by atoms with Gasteiger partial charge < -0.3 is 5.32 Å². The van der Waals surface area contributed by atoms with Crippen LogP contribution < -0.4 is 5.32 Å². The molecule has 0 unspecified atom stereocenters. The summed E-state index contributed by atoms with van der Waals surface area (Å²) < 4.78 is 0. The fourth-order valence-electron chi connectivity index (χ4n) is 1.18. The molecule has 0 heterocycles. The maximum atomic E-state index is 3.88. The van der Waals surface area contributed by atoms with Gasteiger partial charge in [0, 0.05) is 17.2 Å². The van der Waals surface area contributed by atoms with Gasteiger partial charge in [-0.3, -0.25) is 0 Å². The third-order valence-electron chi connectivity index (χ3n) is 2.02. The molecule has 2 heteroatoms. The Labute approximate surface area is 97.0 Å². The minimum absolute atomic E-state index is 1.05. The smallest absolute Gasteiger partial charge is 0.0106 e. The highest BCUT2D eigenvalue weighted by Crippen LogP contribution is 2.15. The number of hydrogen-bond acceptors (Lipinski definition) is 2. The molecule has 15 heavy (non-hydrogen) atoms. The molecule has 0 aliphatic carbocycles. The predicted molar refractivity (Wildman–Crippen MR) is 69.5 cm³/mol. The molecule has 1 aromatic carbocycles. The second-order valence-electron chi connectivity index (χ2n) is 3.62. The lowest BCUT2D eigenvalue weighted by atomic mass is 10.2. The summed E-state index contributed by atoms with van der Waals surface area (Å²) in [4.78, 5) is 1.35. The third kappa shape index (κ3) is 6.37. The zero-order valence-electron chi connectivity index (χ0n) is 9.33. The SMILES string of the molecule is C=C(C)CCNCCSc1ccccc1. The summed E-state index contributed by atoms with van der Waals surface area (Å²) in [6.45, 7) is 8.05. The number of benzene rings is 1. The second kappa shape index (κ2) is 7.55. The maximum absolute atomic E-state index is 3.88. The molecule has 1 aromatic rings. The van der Waals surface area contributed by atoms with Gasteiger partial charge in [-0.1, -0.05) is 23.8 Å². The van der Waals surface area contributed by atoms with Crippen LogP contribution >= 0.6 is 11.8 Å². The van der Waals surface area contributed by atoms with Crippen molar-refractivity contribution in [1.82, 2.24) is 5.32 Å². The highest BCUT2D eigenvalue weighted by atomic mass is 32.2. The maximum Gasteiger partial charge on any atom is 0.0106 e. The molecule has 82 valence electrons. The molecule has 0 bridgehead atoms. The average Bonchev–Trinajstić information content (AvgIpc) is 2.24. The monoisotopic (exact) mass is 221 g/mol. The number of hydrogen-bond donors (Lipinski definition) is 1. The molecule has 1 N–H and O–H groups in total. The van der Waals surface area contributed by atoms with E-state index in [9.17, 15) is 0 Å². The molecule has 0 aliphatic rings. The van der Waals surface area contributed by atoms with Gasteiger partial charge in [0.25, 0.3) is 0 Å². The molecule has 1 rings (SSSR count). The standard InChI is InChI=1S/C13H19NS/c1-12(2)8-9-14-10-11-15-13-6-4-3-5-7-13/h3-7,14H,1,8-11H2,2H3. The van der Waals surface area contributed by atoms with Crippen LogP contribution in [0.5, 0.6) is 0 Å². The zero-order valence-corrected chi connectivity index (χ0v) is 10.1. The molecule has 1 nitrogen and oxygen atoms in total. The van der Waals surface area contributed by atoms with E-state index in [4.69, 9.17) is 0 Å². The molecule has 0 radical (unpaired) electrons. The Hall–Kier alpha value is -0.730. The van der Waals surface area contributed by atoms with Gasteiger partial charge in [-0.25, -0.2) is 0 Å². The van der Waals surface area contributed by atoms with Gasteiger partial charge in [0.15, 0.2) is 0 Å². The van der Waals surface area contributed by atoms with E-state index in [1.165, 1.54) is 10.5 Å². The minimum Gasteiger partial charge on any atom is -0.316 e. The van der Waals surface area contributed by atoms with Crippen LogP contribution in [0.15, 0.2) is 47.4 Å². The van der Waals surface area contributed by atoms with Crippen LogP contribution in [-0.2, 0) is 0 Å². The van der Waals surface area contributed by atoms with Crippen LogP contribution in [-0.4, -0.2) is 18.8 Å². The van der Waals surface area contributed by atoms with Crippen molar-refractivity contribution in [1.29, 1.82) is 0 Å². The van der Waals surface area contributed by atoms with Gasteiger partial charge in [-0.2, -0.15) is 0 Å². The molecular formula is C13H19NS. The van der Waals surface area contributed by atoms with E-state index >= 15 is 0 Å². The third-order valence-corrected chi connectivity index (χ3v) is 3.03. The van der Waals surface area contributed by atoms with E-state index in [0.717, 1.165) is 25.3 Å². The molecular weight excluding hydrogens is 202 g/mol. The van der Waals surface area contributed by atoms with Crippen molar-refractivity contribution in [2.24, 2.45) is 0 Å². The van der Waals surface area contributed by atoms with Crippen LogP contribution in [0.1, 0.15) is 13.3 Å². The van der Waals surface area contributed by atoms with Crippen LogP contribution in [0, 0.1) is 0 Å². The van der Waals surface area contributed by atoms with Gasteiger partial charge in [0.1, 0.15) is 0 Å². The largest absolute Gasteiger partial charge is 0.316 e. The van der Waals surface area contributed by atoms with Crippen LogP contribution in [0.3, 0.4) is 0 Å². The Kier molecular flexibility index (Phi) is 6.21. The first-order chi connectivity index (χ1) is 7.29. The molecule has 0 fully saturated rings. The Morgan fingerprint density at radius 2 is 2.00 bits per heavy atom. The number of rotatable bonds is 7. The van der Waals surface area contributed by atoms with Crippen molar-refractivity contribution in [3.8, 4) is 0 Å². The molecule has 0 aromatic heterocycles. The second-order valence-corrected chi connectivity index (χ2v) is 4.79. The molecule has 0 saturated carbocycles. The Bertz CT molecular complexity index is 282. The van der Waals surface area contributed by atoms with Crippen molar-refractivity contribution in [3.05, 3.63) is 42.5 Å². The zero-order chi connectivity index (χ0) is 10.9. The predicted octanol–water partition coefficient (Wildman–Crippen LogP) is 3.33. The lowest BCUT2D eigenvalue weighted by Crippen LogP contribution is -2.18. The van der Waals surface area contributed by atoms with E-state index in [1.807, 2.05) is 11.8 Å². The van der Waals surface area contributed by atoms with Crippen molar-refractivity contribution in [3.63, 3.8) is 0 Å². The van der Waals surface area contributed by atoms with Gasteiger partial charge in [0.2, 0.25) is 0 Å². The summed E-state index contributed by atoms with van der Waals surface area (Å²) in [6.07, 6.45) is 1.08. The van der Waals surface area contributed by atoms with E-state index in [1.54, 1.807) is 0 Å². The molecule has 0 aliphatic heterocycles. The molecule has 0 atom stereocenters. The summed E-state index contributed by atoms with van der Waals surface area (Å²) in [5, 5.41) is 3.41. The first-order valence-electron chi connectivity index (χ1n) is 5.32. The highest BCUT2D eigenvalue weighted by molar-refractivity contribution is 7.99. The first-order valence-corrected chi connectivity index (χ1v) is 6.30. The Balaban J connectivity index is 2.00. The highest BCUT2D eigenvalue weighted by Gasteiger charge is 1.92.